The number of unbranched alkanes of at least 4 members (excludes halogenated alkanes) is 1. The molecule has 1 aromatic heterocycles. The van der Waals surface area contributed by atoms with Crippen LogP contribution in [0.3, 0.4) is 0 Å². The zero-order chi connectivity index (χ0) is 18.1. The second-order valence-electron chi connectivity index (χ2n) is 5.88. The average Bonchev–Trinajstić information content (AvgIpc) is 2.58. The Hall–Kier alpha value is -2.60. The number of pyridine rings is 1. The van der Waals surface area contributed by atoms with Gasteiger partial charge in [0.05, 0.1) is 31.0 Å². The van der Waals surface area contributed by atoms with Crippen molar-refractivity contribution in [2.45, 2.75) is 39.2 Å². The molecule has 1 heterocycles. The van der Waals surface area contributed by atoms with Gasteiger partial charge in [-0.1, -0.05) is 13.3 Å². The maximum atomic E-state index is 11.6. The molecule has 25 heavy (non-hydrogen) atoms. The number of hydrogen-bond donors (Lipinski definition) is 3. The highest BCUT2D eigenvalue weighted by Gasteiger charge is 2.06. The van der Waals surface area contributed by atoms with Crippen LogP contribution in [0.1, 0.15) is 33.1 Å². The first-order chi connectivity index (χ1) is 12.1. The van der Waals surface area contributed by atoms with Crippen LogP contribution in [-0.2, 0) is 4.79 Å². The molecule has 6 nitrogen and oxygen atoms in total. The Bertz CT molecular complexity index is 655. The molecule has 0 bridgehead atoms. The van der Waals surface area contributed by atoms with Crippen LogP contribution >= 0.6 is 0 Å². The van der Waals surface area contributed by atoms with Gasteiger partial charge in [-0.05, 0) is 49.7 Å². The van der Waals surface area contributed by atoms with E-state index in [0.717, 1.165) is 30.9 Å². The van der Waals surface area contributed by atoms with Crippen LogP contribution < -0.4 is 15.4 Å². The van der Waals surface area contributed by atoms with E-state index in [4.69, 9.17) is 4.74 Å². The number of nitrogens with zero attached hydrogens (tertiary/aromatic N) is 1. The number of aromatic nitrogens is 1. The Morgan fingerprint density at radius 3 is 2.52 bits per heavy atom. The summed E-state index contributed by atoms with van der Waals surface area (Å²) < 4.78 is 5.63. The lowest BCUT2D eigenvalue weighted by molar-refractivity contribution is -0.117. The number of benzene rings is 1. The van der Waals surface area contributed by atoms with Crippen molar-refractivity contribution in [2.24, 2.45) is 0 Å². The predicted molar refractivity (Wildman–Crippen MR) is 99.3 cm³/mol. The molecule has 0 aliphatic heterocycles. The third-order valence-corrected chi connectivity index (χ3v) is 3.42. The van der Waals surface area contributed by atoms with Gasteiger partial charge in [-0.15, -0.1) is 0 Å². The van der Waals surface area contributed by atoms with E-state index in [1.807, 2.05) is 24.3 Å². The second-order valence-corrected chi connectivity index (χ2v) is 5.88. The van der Waals surface area contributed by atoms with E-state index >= 15 is 0 Å². The van der Waals surface area contributed by atoms with E-state index in [0.29, 0.717) is 11.5 Å². The monoisotopic (exact) mass is 343 g/mol. The molecule has 0 spiro atoms. The standard InChI is InChI=1S/C19H25N3O3/c1-3-4-11-25-17-8-5-15(6-9-17)21-18-10-7-16(13-20-18)22-19(24)12-14(2)23/h5-10,13-14,23H,3-4,11-12H2,1-2H3,(H,20,21)(H,22,24). The van der Waals surface area contributed by atoms with Crippen LogP contribution in [0.4, 0.5) is 17.2 Å². The van der Waals surface area contributed by atoms with Gasteiger partial charge in [0.1, 0.15) is 11.6 Å². The van der Waals surface area contributed by atoms with E-state index in [-0.39, 0.29) is 12.3 Å². The number of nitrogens with one attached hydrogen (secondary N) is 2. The van der Waals surface area contributed by atoms with Gasteiger partial charge in [-0.25, -0.2) is 4.98 Å². The number of ether oxygens (including phenoxy) is 1. The third-order valence-electron chi connectivity index (χ3n) is 3.42. The van der Waals surface area contributed by atoms with Crippen molar-refractivity contribution in [1.82, 2.24) is 4.98 Å². The molecule has 0 radical (unpaired) electrons. The number of carbonyl (C=O) groups is 1. The Morgan fingerprint density at radius 1 is 1.20 bits per heavy atom. The first-order valence-corrected chi connectivity index (χ1v) is 8.50. The SMILES string of the molecule is CCCCOc1ccc(Nc2ccc(NC(=O)CC(C)O)cn2)cc1. The fraction of sp³-hybridized carbons (Fsp3) is 0.368. The minimum Gasteiger partial charge on any atom is -0.494 e. The number of carbonyl (C=O) groups excluding carboxylic acids is 1. The first-order valence-electron chi connectivity index (χ1n) is 8.50. The fourth-order valence-corrected chi connectivity index (χ4v) is 2.14. The van der Waals surface area contributed by atoms with E-state index in [1.165, 1.54) is 0 Å². The van der Waals surface area contributed by atoms with Crippen molar-refractivity contribution in [3.05, 3.63) is 42.6 Å². The van der Waals surface area contributed by atoms with Gasteiger partial charge >= 0.3 is 0 Å². The smallest absolute Gasteiger partial charge is 0.227 e. The quantitative estimate of drug-likeness (QED) is 0.605. The highest BCUT2D eigenvalue weighted by atomic mass is 16.5. The van der Waals surface area contributed by atoms with Gasteiger partial charge < -0.3 is 20.5 Å². The molecule has 134 valence electrons. The summed E-state index contributed by atoms with van der Waals surface area (Å²) in [5, 5.41) is 15.1. The summed E-state index contributed by atoms with van der Waals surface area (Å²) in [4.78, 5) is 15.9. The molecule has 2 rings (SSSR count). The summed E-state index contributed by atoms with van der Waals surface area (Å²) in [6.45, 7) is 4.44. The Morgan fingerprint density at radius 2 is 1.92 bits per heavy atom. The summed E-state index contributed by atoms with van der Waals surface area (Å²) in [5.41, 5.74) is 1.50. The average molecular weight is 343 g/mol. The summed E-state index contributed by atoms with van der Waals surface area (Å²) in [7, 11) is 0. The number of hydrogen-bond acceptors (Lipinski definition) is 5. The highest BCUT2D eigenvalue weighted by molar-refractivity contribution is 5.90. The number of aliphatic hydroxyl groups is 1. The minimum atomic E-state index is -0.664. The molecule has 2 aromatic rings. The zero-order valence-corrected chi connectivity index (χ0v) is 14.7. The molecule has 0 saturated heterocycles. The van der Waals surface area contributed by atoms with Crippen molar-refractivity contribution in [3.63, 3.8) is 0 Å². The highest BCUT2D eigenvalue weighted by Crippen LogP contribution is 2.20. The molecule has 6 heteroatoms. The molecular weight excluding hydrogens is 318 g/mol. The molecule has 0 aliphatic carbocycles. The number of aliphatic hydroxyl groups excluding tert-OH is 1. The van der Waals surface area contributed by atoms with Gasteiger partial charge in [0, 0.05) is 5.69 Å². The van der Waals surface area contributed by atoms with Gasteiger partial charge in [0.15, 0.2) is 0 Å². The van der Waals surface area contributed by atoms with Crippen molar-refractivity contribution >= 4 is 23.1 Å². The van der Waals surface area contributed by atoms with Crippen molar-refractivity contribution in [2.75, 3.05) is 17.2 Å². The number of rotatable bonds is 9. The Labute approximate surface area is 148 Å². The normalized spacial score (nSPS) is 11.6. The largest absolute Gasteiger partial charge is 0.494 e. The van der Waals surface area contributed by atoms with Gasteiger partial charge in [-0.3, -0.25) is 4.79 Å². The molecular formula is C19H25N3O3. The van der Waals surface area contributed by atoms with Crippen LogP contribution in [0.5, 0.6) is 5.75 Å². The lowest BCUT2D eigenvalue weighted by Crippen LogP contribution is -2.17. The van der Waals surface area contributed by atoms with Crippen LogP contribution in [0.25, 0.3) is 0 Å². The molecule has 0 fully saturated rings. The summed E-state index contributed by atoms with van der Waals surface area (Å²) >= 11 is 0. The number of anilines is 3. The summed E-state index contributed by atoms with van der Waals surface area (Å²) in [6.07, 6.45) is 3.13. The van der Waals surface area contributed by atoms with Crippen LogP contribution in [0.2, 0.25) is 0 Å². The maximum Gasteiger partial charge on any atom is 0.227 e. The van der Waals surface area contributed by atoms with Crippen molar-refractivity contribution in [1.29, 1.82) is 0 Å². The van der Waals surface area contributed by atoms with Gasteiger partial charge in [0.2, 0.25) is 5.91 Å². The summed E-state index contributed by atoms with van der Waals surface area (Å²) in [5.74, 6) is 1.28. The lowest BCUT2D eigenvalue weighted by atomic mass is 10.2. The molecule has 1 unspecified atom stereocenters. The lowest BCUT2D eigenvalue weighted by Gasteiger charge is -2.10. The van der Waals surface area contributed by atoms with Gasteiger partial charge in [0.25, 0.3) is 0 Å². The maximum absolute atomic E-state index is 11.6. The Kier molecular flexibility index (Phi) is 7.22. The fourth-order valence-electron chi connectivity index (χ4n) is 2.14. The first kappa shape index (κ1) is 18.7. The molecule has 0 aliphatic rings. The molecule has 1 aromatic carbocycles. The Balaban J connectivity index is 1.87. The van der Waals surface area contributed by atoms with E-state index in [2.05, 4.69) is 22.5 Å². The minimum absolute atomic E-state index is 0.0622. The van der Waals surface area contributed by atoms with Crippen LogP contribution in [0, 0.1) is 0 Å². The predicted octanol–water partition coefficient (Wildman–Crippen LogP) is 3.71. The molecule has 0 saturated carbocycles. The molecule has 3 N–H and O–H groups in total. The van der Waals surface area contributed by atoms with E-state index in [9.17, 15) is 9.90 Å². The van der Waals surface area contributed by atoms with Crippen LogP contribution in [0.15, 0.2) is 42.6 Å². The van der Waals surface area contributed by atoms with Crippen molar-refractivity contribution in [3.8, 4) is 5.75 Å². The molecule has 1 atom stereocenters. The van der Waals surface area contributed by atoms with E-state index < -0.39 is 6.10 Å². The second kappa shape index (κ2) is 9.64. The topological polar surface area (TPSA) is 83.5 Å². The number of amides is 1. The van der Waals surface area contributed by atoms with Gasteiger partial charge in [-0.2, -0.15) is 0 Å². The molecule has 1 amide bonds. The van der Waals surface area contributed by atoms with Crippen molar-refractivity contribution < 1.29 is 14.6 Å². The third kappa shape index (κ3) is 6.81. The van der Waals surface area contributed by atoms with E-state index in [1.54, 1.807) is 25.3 Å². The zero-order valence-electron chi connectivity index (χ0n) is 14.7. The van der Waals surface area contributed by atoms with Crippen LogP contribution in [-0.4, -0.2) is 28.7 Å². The summed E-state index contributed by atoms with van der Waals surface area (Å²) in [6, 6.07) is 11.2.